The van der Waals surface area contributed by atoms with E-state index in [9.17, 15) is 18.0 Å². The number of hydrogen-bond donors (Lipinski definition) is 1. The summed E-state index contributed by atoms with van der Waals surface area (Å²) in [6.45, 7) is -0.615. The average Bonchev–Trinajstić information content (AvgIpc) is 2.32. The van der Waals surface area contributed by atoms with Gasteiger partial charge in [-0.05, 0) is 56.3 Å². The highest BCUT2D eigenvalue weighted by molar-refractivity contribution is 7.86. The molecule has 7 nitrogen and oxygen atoms in total. The summed E-state index contributed by atoms with van der Waals surface area (Å²) in [5, 5.41) is 0. The standard InChI is InChI=1S/C14H20O7S/c15-12(7-20-13(16)8-22(17,18)19)21-14-4-9-1-10(5-14)3-11(2-9)6-14/h9-11H,1-8H2,(H,17,18,19). The summed E-state index contributed by atoms with van der Waals surface area (Å²) in [6, 6.07) is 0. The topological polar surface area (TPSA) is 107 Å². The molecule has 4 bridgehead atoms. The molecule has 0 spiro atoms. The first-order valence-corrected chi connectivity index (χ1v) is 9.17. The summed E-state index contributed by atoms with van der Waals surface area (Å²) in [7, 11) is -4.44. The fourth-order valence-electron chi connectivity index (χ4n) is 4.76. The van der Waals surface area contributed by atoms with E-state index < -0.39 is 40.0 Å². The second kappa shape index (κ2) is 5.49. The molecule has 4 saturated carbocycles. The molecule has 0 heterocycles. The van der Waals surface area contributed by atoms with Gasteiger partial charge in [0.05, 0.1) is 0 Å². The molecule has 4 aliphatic carbocycles. The highest BCUT2D eigenvalue weighted by Gasteiger charge is 2.53. The zero-order chi connectivity index (χ0) is 16.0. The summed E-state index contributed by atoms with van der Waals surface area (Å²) in [6.07, 6.45) is 6.30. The second-order valence-electron chi connectivity index (χ2n) is 6.96. The molecule has 0 aromatic rings. The highest BCUT2D eigenvalue weighted by atomic mass is 32.2. The molecule has 124 valence electrons. The summed E-state index contributed by atoms with van der Waals surface area (Å²) in [5.74, 6) is -1.09. The molecule has 0 amide bonds. The van der Waals surface area contributed by atoms with E-state index in [0.29, 0.717) is 17.8 Å². The van der Waals surface area contributed by atoms with E-state index in [1.54, 1.807) is 0 Å². The Labute approximate surface area is 129 Å². The summed E-state index contributed by atoms with van der Waals surface area (Å²) in [4.78, 5) is 23.0. The fraction of sp³-hybridized carbons (Fsp3) is 0.857. The van der Waals surface area contributed by atoms with Gasteiger partial charge in [-0.15, -0.1) is 0 Å². The molecule has 0 atom stereocenters. The van der Waals surface area contributed by atoms with E-state index in [2.05, 4.69) is 4.74 Å². The van der Waals surface area contributed by atoms with Crippen LogP contribution in [0.4, 0.5) is 0 Å². The number of hydrogen-bond acceptors (Lipinski definition) is 6. The third kappa shape index (κ3) is 3.60. The van der Waals surface area contributed by atoms with Crippen molar-refractivity contribution in [3.05, 3.63) is 0 Å². The molecule has 22 heavy (non-hydrogen) atoms. The highest BCUT2D eigenvalue weighted by Crippen LogP contribution is 2.57. The summed E-state index contributed by atoms with van der Waals surface area (Å²) >= 11 is 0. The molecule has 4 aliphatic rings. The van der Waals surface area contributed by atoms with Gasteiger partial charge < -0.3 is 9.47 Å². The van der Waals surface area contributed by atoms with Crippen molar-refractivity contribution in [3.8, 4) is 0 Å². The average molecular weight is 332 g/mol. The van der Waals surface area contributed by atoms with Gasteiger partial charge in [0.1, 0.15) is 5.60 Å². The third-order valence-corrected chi connectivity index (χ3v) is 5.56. The van der Waals surface area contributed by atoms with Gasteiger partial charge in [-0.2, -0.15) is 8.42 Å². The van der Waals surface area contributed by atoms with Gasteiger partial charge in [-0.3, -0.25) is 9.35 Å². The molecule has 0 radical (unpaired) electrons. The summed E-state index contributed by atoms with van der Waals surface area (Å²) in [5.41, 5.74) is -0.415. The van der Waals surface area contributed by atoms with Crippen molar-refractivity contribution in [2.24, 2.45) is 17.8 Å². The summed E-state index contributed by atoms with van der Waals surface area (Å²) < 4.78 is 39.7. The van der Waals surface area contributed by atoms with Crippen molar-refractivity contribution in [2.75, 3.05) is 12.4 Å². The first-order chi connectivity index (χ1) is 10.2. The van der Waals surface area contributed by atoms with Gasteiger partial charge in [0.25, 0.3) is 10.1 Å². The third-order valence-electron chi connectivity index (χ3n) is 4.96. The van der Waals surface area contributed by atoms with Crippen molar-refractivity contribution < 1.29 is 32.0 Å². The van der Waals surface area contributed by atoms with Gasteiger partial charge in [-0.25, -0.2) is 4.79 Å². The normalized spacial score (nSPS) is 36.1. The Bertz CT molecular complexity index is 545. The number of rotatable bonds is 5. The molecular weight excluding hydrogens is 312 g/mol. The lowest BCUT2D eigenvalue weighted by molar-refractivity contribution is -0.192. The SMILES string of the molecule is O=C(CS(=O)(=O)O)OCC(=O)OC12CC3CC(CC(C3)C1)C2. The smallest absolute Gasteiger partial charge is 0.344 e. The molecule has 0 unspecified atom stereocenters. The number of ether oxygens (including phenoxy) is 2. The van der Waals surface area contributed by atoms with Crippen LogP contribution in [0.2, 0.25) is 0 Å². The Morgan fingerprint density at radius 2 is 1.50 bits per heavy atom. The lowest BCUT2D eigenvalue weighted by atomic mass is 9.54. The van der Waals surface area contributed by atoms with Gasteiger partial charge in [0, 0.05) is 0 Å². The minimum absolute atomic E-state index is 0.415. The van der Waals surface area contributed by atoms with Crippen molar-refractivity contribution in [3.63, 3.8) is 0 Å². The predicted molar refractivity (Wildman–Crippen MR) is 74.4 cm³/mol. The van der Waals surface area contributed by atoms with E-state index >= 15 is 0 Å². The lowest BCUT2D eigenvalue weighted by Crippen LogP contribution is -2.53. The molecule has 4 fully saturated rings. The molecule has 1 N–H and O–H groups in total. The molecule has 0 aromatic heterocycles. The van der Waals surface area contributed by atoms with E-state index in [1.807, 2.05) is 0 Å². The minimum atomic E-state index is -4.44. The Balaban J connectivity index is 1.51. The molecule has 4 rings (SSSR count). The Morgan fingerprint density at radius 1 is 1.00 bits per heavy atom. The zero-order valence-electron chi connectivity index (χ0n) is 12.2. The maximum absolute atomic E-state index is 11.9. The molecule has 0 aromatic carbocycles. The van der Waals surface area contributed by atoms with Crippen LogP contribution in [0.15, 0.2) is 0 Å². The van der Waals surface area contributed by atoms with Gasteiger partial charge in [0.2, 0.25) is 0 Å². The monoisotopic (exact) mass is 332 g/mol. The predicted octanol–water partition coefficient (Wildman–Crippen LogP) is 0.929. The van der Waals surface area contributed by atoms with Crippen molar-refractivity contribution in [1.29, 1.82) is 0 Å². The van der Waals surface area contributed by atoms with E-state index in [4.69, 9.17) is 9.29 Å². The maximum atomic E-state index is 11.9. The van der Waals surface area contributed by atoms with E-state index in [-0.39, 0.29) is 0 Å². The first-order valence-electron chi connectivity index (χ1n) is 7.56. The van der Waals surface area contributed by atoms with Gasteiger partial charge in [-0.1, -0.05) is 0 Å². The van der Waals surface area contributed by atoms with Crippen LogP contribution in [0.5, 0.6) is 0 Å². The van der Waals surface area contributed by atoms with Crippen LogP contribution in [-0.2, 0) is 29.2 Å². The largest absolute Gasteiger partial charge is 0.457 e. The van der Waals surface area contributed by atoms with Crippen molar-refractivity contribution >= 4 is 22.1 Å². The minimum Gasteiger partial charge on any atom is -0.457 e. The van der Waals surface area contributed by atoms with Crippen LogP contribution >= 0.6 is 0 Å². The molecule has 0 saturated heterocycles. The fourth-order valence-corrected chi connectivity index (χ4v) is 5.14. The van der Waals surface area contributed by atoms with E-state index in [0.717, 1.165) is 19.3 Å². The molecular formula is C14H20O7S. The van der Waals surface area contributed by atoms with Crippen LogP contribution in [0.25, 0.3) is 0 Å². The van der Waals surface area contributed by atoms with Crippen LogP contribution < -0.4 is 0 Å². The van der Waals surface area contributed by atoms with Crippen molar-refractivity contribution in [2.45, 2.75) is 44.1 Å². The van der Waals surface area contributed by atoms with E-state index in [1.165, 1.54) is 19.3 Å². The second-order valence-corrected chi connectivity index (χ2v) is 8.41. The zero-order valence-corrected chi connectivity index (χ0v) is 13.0. The van der Waals surface area contributed by atoms with Crippen LogP contribution in [-0.4, -0.2) is 42.9 Å². The first kappa shape index (κ1) is 15.7. The molecule has 8 heteroatoms. The van der Waals surface area contributed by atoms with Crippen LogP contribution in [0.3, 0.4) is 0 Å². The lowest BCUT2D eigenvalue weighted by Gasteiger charge is -2.55. The van der Waals surface area contributed by atoms with Gasteiger partial charge >= 0.3 is 11.9 Å². The maximum Gasteiger partial charge on any atom is 0.344 e. The quantitative estimate of drug-likeness (QED) is 0.589. The number of carbonyl (C=O) groups excluding carboxylic acids is 2. The van der Waals surface area contributed by atoms with Crippen LogP contribution in [0, 0.1) is 17.8 Å². The van der Waals surface area contributed by atoms with Gasteiger partial charge in [0.15, 0.2) is 12.4 Å². The van der Waals surface area contributed by atoms with Crippen molar-refractivity contribution in [1.82, 2.24) is 0 Å². The number of esters is 2. The number of carbonyl (C=O) groups is 2. The Kier molecular flexibility index (Phi) is 3.92. The Morgan fingerprint density at radius 3 is 1.95 bits per heavy atom. The molecule has 0 aliphatic heterocycles. The Hall–Kier alpha value is -1.15. The van der Waals surface area contributed by atoms with Crippen LogP contribution in [0.1, 0.15) is 38.5 Å².